The number of hydrogen-bond acceptors (Lipinski definition) is 4. The molecule has 0 amide bonds. The standard InChI is InChI=1S/C14H14ClNO3S/c1-19-14-7-2-10(8-13(14)16)9-20(17,18)12-5-3-11(15)4-6-12/h2-8H,9,16H2,1H3. The highest BCUT2D eigenvalue weighted by atomic mass is 35.5. The van der Waals surface area contributed by atoms with E-state index in [0.717, 1.165) is 0 Å². The Labute approximate surface area is 123 Å². The van der Waals surface area contributed by atoms with Crippen LogP contribution in [-0.2, 0) is 15.6 Å². The fourth-order valence-corrected chi connectivity index (χ4v) is 3.28. The van der Waals surface area contributed by atoms with Crippen molar-refractivity contribution >= 4 is 27.1 Å². The van der Waals surface area contributed by atoms with Crippen molar-refractivity contribution in [3.63, 3.8) is 0 Å². The van der Waals surface area contributed by atoms with Crippen molar-refractivity contribution in [2.24, 2.45) is 0 Å². The Morgan fingerprint density at radius 1 is 1.15 bits per heavy atom. The van der Waals surface area contributed by atoms with Crippen molar-refractivity contribution in [3.05, 3.63) is 53.1 Å². The zero-order valence-electron chi connectivity index (χ0n) is 10.8. The van der Waals surface area contributed by atoms with Gasteiger partial charge in [-0.1, -0.05) is 17.7 Å². The Bertz CT molecular complexity index is 712. The van der Waals surface area contributed by atoms with Gasteiger partial charge in [-0.05, 0) is 42.0 Å². The molecule has 0 bridgehead atoms. The first-order valence-corrected chi connectivity index (χ1v) is 7.86. The Morgan fingerprint density at radius 3 is 2.35 bits per heavy atom. The van der Waals surface area contributed by atoms with Gasteiger partial charge in [0.15, 0.2) is 9.84 Å². The van der Waals surface area contributed by atoms with E-state index in [1.807, 2.05) is 0 Å². The van der Waals surface area contributed by atoms with Gasteiger partial charge in [-0.2, -0.15) is 0 Å². The van der Waals surface area contributed by atoms with Crippen molar-refractivity contribution in [1.29, 1.82) is 0 Å². The summed E-state index contributed by atoms with van der Waals surface area (Å²) in [5, 5.41) is 0.498. The van der Waals surface area contributed by atoms with Gasteiger partial charge in [0, 0.05) is 5.02 Å². The highest BCUT2D eigenvalue weighted by Gasteiger charge is 2.16. The van der Waals surface area contributed by atoms with Gasteiger partial charge in [0.05, 0.1) is 23.4 Å². The first kappa shape index (κ1) is 14.7. The molecule has 0 spiro atoms. The minimum Gasteiger partial charge on any atom is -0.495 e. The molecule has 20 heavy (non-hydrogen) atoms. The first-order valence-electron chi connectivity index (χ1n) is 5.83. The second-order valence-corrected chi connectivity index (χ2v) is 6.72. The number of nitrogens with two attached hydrogens (primary N) is 1. The largest absolute Gasteiger partial charge is 0.495 e. The molecule has 2 N–H and O–H groups in total. The molecule has 0 radical (unpaired) electrons. The molecule has 0 aliphatic heterocycles. The lowest BCUT2D eigenvalue weighted by atomic mass is 10.2. The molecular formula is C14H14ClNO3S. The summed E-state index contributed by atoms with van der Waals surface area (Å²) in [7, 11) is -1.91. The van der Waals surface area contributed by atoms with Crippen LogP contribution in [0.2, 0.25) is 5.02 Å². The zero-order valence-corrected chi connectivity index (χ0v) is 12.4. The van der Waals surface area contributed by atoms with Crippen molar-refractivity contribution < 1.29 is 13.2 Å². The summed E-state index contributed by atoms with van der Waals surface area (Å²) in [6.45, 7) is 0. The Balaban J connectivity index is 2.28. The van der Waals surface area contributed by atoms with Gasteiger partial charge in [-0.25, -0.2) is 8.42 Å². The third kappa shape index (κ3) is 3.23. The van der Waals surface area contributed by atoms with Crippen LogP contribution in [0.4, 0.5) is 5.69 Å². The lowest BCUT2D eigenvalue weighted by Gasteiger charge is -2.08. The number of benzene rings is 2. The van der Waals surface area contributed by atoms with E-state index < -0.39 is 9.84 Å². The van der Waals surface area contributed by atoms with Crippen LogP contribution >= 0.6 is 11.6 Å². The van der Waals surface area contributed by atoms with Crippen molar-refractivity contribution in [2.75, 3.05) is 12.8 Å². The first-order chi connectivity index (χ1) is 9.42. The van der Waals surface area contributed by atoms with Crippen LogP contribution in [-0.4, -0.2) is 15.5 Å². The summed E-state index contributed by atoms with van der Waals surface area (Å²) in [4.78, 5) is 0.233. The number of rotatable bonds is 4. The fraction of sp³-hybridized carbons (Fsp3) is 0.143. The lowest BCUT2D eigenvalue weighted by Crippen LogP contribution is -2.05. The van der Waals surface area contributed by atoms with Crippen LogP contribution in [0.3, 0.4) is 0 Å². The summed E-state index contributed by atoms with van der Waals surface area (Å²) >= 11 is 5.75. The van der Waals surface area contributed by atoms with E-state index in [9.17, 15) is 8.42 Å². The van der Waals surface area contributed by atoms with Gasteiger partial charge in [0.25, 0.3) is 0 Å². The normalized spacial score (nSPS) is 11.3. The van der Waals surface area contributed by atoms with Gasteiger partial charge in [-0.15, -0.1) is 0 Å². The fourth-order valence-electron chi connectivity index (χ4n) is 1.82. The number of halogens is 1. The smallest absolute Gasteiger partial charge is 0.182 e. The average molecular weight is 312 g/mol. The third-order valence-corrected chi connectivity index (χ3v) is 4.78. The number of sulfone groups is 1. The van der Waals surface area contributed by atoms with E-state index in [0.29, 0.717) is 22.0 Å². The molecule has 0 fully saturated rings. The summed E-state index contributed by atoms with van der Waals surface area (Å²) < 4.78 is 29.6. The quantitative estimate of drug-likeness (QED) is 0.881. The monoisotopic (exact) mass is 311 g/mol. The number of hydrogen-bond donors (Lipinski definition) is 1. The van der Waals surface area contributed by atoms with E-state index in [1.54, 1.807) is 30.3 Å². The predicted octanol–water partition coefficient (Wildman–Crippen LogP) is 2.90. The number of anilines is 1. The van der Waals surface area contributed by atoms with Gasteiger partial charge >= 0.3 is 0 Å². The molecule has 0 heterocycles. The molecule has 2 aromatic carbocycles. The lowest BCUT2D eigenvalue weighted by molar-refractivity contribution is 0.417. The Kier molecular flexibility index (Phi) is 4.20. The second kappa shape index (κ2) is 5.73. The highest BCUT2D eigenvalue weighted by Crippen LogP contribution is 2.25. The molecule has 4 nitrogen and oxygen atoms in total. The van der Waals surface area contributed by atoms with Crippen molar-refractivity contribution in [2.45, 2.75) is 10.6 Å². The number of ether oxygens (including phenoxy) is 1. The van der Waals surface area contributed by atoms with E-state index in [4.69, 9.17) is 22.1 Å². The van der Waals surface area contributed by atoms with Crippen molar-refractivity contribution in [1.82, 2.24) is 0 Å². The van der Waals surface area contributed by atoms with Gasteiger partial charge in [0.2, 0.25) is 0 Å². The van der Waals surface area contributed by atoms with Crippen LogP contribution in [0.25, 0.3) is 0 Å². The molecule has 0 aliphatic carbocycles. The van der Waals surface area contributed by atoms with Crippen LogP contribution in [0.5, 0.6) is 5.75 Å². The summed E-state index contributed by atoms with van der Waals surface area (Å²) in [5.74, 6) is 0.403. The molecule has 106 valence electrons. The summed E-state index contributed by atoms with van der Waals surface area (Å²) in [6, 6.07) is 11.0. The van der Waals surface area contributed by atoms with Crippen molar-refractivity contribution in [3.8, 4) is 5.75 Å². The molecule has 0 saturated heterocycles. The molecular weight excluding hydrogens is 298 g/mol. The molecule has 0 saturated carbocycles. The van der Waals surface area contributed by atoms with E-state index in [-0.39, 0.29) is 10.6 Å². The minimum atomic E-state index is -3.42. The van der Waals surface area contributed by atoms with Crippen LogP contribution < -0.4 is 10.5 Å². The summed E-state index contributed by atoms with van der Waals surface area (Å²) in [6.07, 6.45) is 0. The molecule has 2 rings (SSSR count). The van der Waals surface area contributed by atoms with Gasteiger partial charge < -0.3 is 10.5 Å². The SMILES string of the molecule is COc1ccc(CS(=O)(=O)c2ccc(Cl)cc2)cc1N. The number of nitrogen functional groups attached to an aromatic ring is 1. The van der Waals surface area contributed by atoms with E-state index in [1.165, 1.54) is 19.2 Å². The highest BCUT2D eigenvalue weighted by molar-refractivity contribution is 7.90. The topological polar surface area (TPSA) is 69.4 Å². The molecule has 6 heteroatoms. The third-order valence-electron chi connectivity index (χ3n) is 2.82. The summed E-state index contributed by atoms with van der Waals surface area (Å²) in [5.41, 5.74) is 6.79. The van der Waals surface area contributed by atoms with Crippen LogP contribution in [0.1, 0.15) is 5.56 Å². The number of methoxy groups -OCH3 is 1. The molecule has 0 atom stereocenters. The molecule has 2 aromatic rings. The Hall–Kier alpha value is -1.72. The predicted molar refractivity (Wildman–Crippen MR) is 79.7 cm³/mol. The Morgan fingerprint density at radius 2 is 1.80 bits per heavy atom. The van der Waals surface area contributed by atoms with Crippen LogP contribution in [0, 0.1) is 0 Å². The maximum Gasteiger partial charge on any atom is 0.182 e. The van der Waals surface area contributed by atoms with Gasteiger partial charge in [-0.3, -0.25) is 0 Å². The second-order valence-electron chi connectivity index (χ2n) is 4.29. The molecule has 0 aliphatic rings. The maximum atomic E-state index is 12.3. The molecule has 0 aromatic heterocycles. The zero-order chi connectivity index (χ0) is 14.8. The van der Waals surface area contributed by atoms with E-state index >= 15 is 0 Å². The van der Waals surface area contributed by atoms with Crippen LogP contribution in [0.15, 0.2) is 47.4 Å². The van der Waals surface area contributed by atoms with E-state index in [2.05, 4.69) is 0 Å². The van der Waals surface area contributed by atoms with Gasteiger partial charge in [0.1, 0.15) is 5.75 Å². The molecule has 0 unspecified atom stereocenters. The average Bonchev–Trinajstić information content (AvgIpc) is 2.39. The maximum absolute atomic E-state index is 12.3. The minimum absolute atomic E-state index is 0.122.